The van der Waals surface area contributed by atoms with E-state index in [1.165, 1.54) is 46.3 Å². The monoisotopic (exact) mass is 284 g/mol. The standard InChI is InChI=1S/C13H12N6S/c1-2-4-8-9(5-3-1)20-12-10(8)11-16-14-6-18(11)13-17-15-7-19(12)13/h6-7H,1-5H2. The molecule has 0 fully saturated rings. The van der Waals surface area contributed by atoms with Gasteiger partial charge in [-0.2, -0.15) is 0 Å². The molecule has 100 valence electrons. The summed E-state index contributed by atoms with van der Waals surface area (Å²) in [5.41, 5.74) is 2.39. The van der Waals surface area contributed by atoms with E-state index in [9.17, 15) is 0 Å². The highest BCUT2D eigenvalue weighted by Crippen LogP contribution is 2.37. The Bertz CT molecular complexity index is 946. The number of rotatable bonds is 0. The van der Waals surface area contributed by atoms with E-state index in [-0.39, 0.29) is 0 Å². The fourth-order valence-electron chi connectivity index (χ4n) is 3.22. The highest BCUT2D eigenvalue weighted by molar-refractivity contribution is 7.19. The molecular weight excluding hydrogens is 272 g/mol. The first-order valence-corrected chi connectivity index (χ1v) is 7.71. The Labute approximate surface area is 118 Å². The topological polar surface area (TPSA) is 60.4 Å². The normalized spacial score (nSPS) is 16.0. The van der Waals surface area contributed by atoms with Crippen LogP contribution in [-0.4, -0.2) is 29.2 Å². The molecule has 5 rings (SSSR count). The number of aryl methyl sites for hydroxylation is 2. The zero-order chi connectivity index (χ0) is 13.1. The molecule has 0 saturated carbocycles. The third kappa shape index (κ3) is 1.23. The average molecular weight is 284 g/mol. The van der Waals surface area contributed by atoms with Crippen LogP contribution in [0.4, 0.5) is 0 Å². The van der Waals surface area contributed by atoms with Crippen LogP contribution < -0.4 is 0 Å². The van der Waals surface area contributed by atoms with E-state index in [0.717, 1.165) is 17.8 Å². The maximum Gasteiger partial charge on any atom is 0.243 e. The number of hydrogen-bond acceptors (Lipinski definition) is 5. The third-order valence-corrected chi connectivity index (χ3v) is 5.43. The zero-order valence-electron chi connectivity index (χ0n) is 10.8. The molecule has 1 aliphatic carbocycles. The van der Waals surface area contributed by atoms with Crippen molar-refractivity contribution in [3.05, 3.63) is 23.1 Å². The highest BCUT2D eigenvalue weighted by atomic mass is 32.1. The van der Waals surface area contributed by atoms with Gasteiger partial charge in [0.25, 0.3) is 0 Å². The van der Waals surface area contributed by atoms with Gasteiger partial charge in [-0.1, -0.05) is 6.42 Å². The van der Waals surface area contributed by atoms with Crippen molar-refractivity contribution in [2.75, 3.05) is 0 Å². The largest absolute Gasteiger partial charge is 0.257 e. The van der Waals surface area contributed by atoms with E-state index >= 15 is 0 Å². The van der Waals surface area contributed by atoms with Crippen LogP contribution in [0, 0.1) is 0 Å². The summed E-state index contributed by atoms with van der Waals surface area (Å²) in [5, 5.41) is 17.9. The quantitative estimate of drug-likeness (QED) is 0.465. The van der Waals surface area contributed by atoms with Gasteiger partial charge in [0, 0.05) is 4.88 Å². The Balaban J connectivity index is 2.06. The molecule has 7 heteroatoms. The van der Waals surface area contributed by atoms with Gasteiger partial charge >= 0.3 is 0 Å². The van der Waals surface area contributed by atoms with Gasteiger partial charge in [-0.25, -0.2) is 4.40 Å². The first-order valence-electron chi connectivity index (χ1n) is 6.89. The molecular formula is C13H12N6S. The van der Waals surface area contributed by atoms with Crippen molar-refractivity contribution in [3.63, 3.8) is 0 Å². The maximum atomic E-state index is 4.33. The van der Waals surface area contributed by atoms with E-state index in [1.807, 2.05) is 15.7 Å². The average Bonchev–Trinajstić information content (AvgIpc) is 3.12. The van der Waals surface area contributed by atoms with Gasteiger partial charge in [0.2, 0.25) is 5.78 Å². The molecule has 0 radical (unpaired) electrons. The van der Waals surface area contributed by atoms with Gasteiger partial charge in [0.05, 0.1) is 5.39 Å². The molecule has 0 unspecified atom stereocenters. The SMILES string of the molecule is c1nnc2c3c4c(sc3n3cnnc3n12)CCCCC4. The molecule has 0 atom stereocenters. The second-order valence-corrected chi connectivity index (χ2v) is 6.35. The van der Waals surface area contributed by atoms with Gasteiger partial charge in [0.15, 0.2) is 5.65 Å². The molecule has 4 aromatic heterocycles. The van der Waals surface area contributed by atoms with Gasteiger partial charge in [-0.3, -0.25) is 4.40 Å². The number of nitrogens with zero attached hydrogens (tertiary/aromatic N) is 6. The fourth-order valence-corrected chi connectivity index (χ4v) is 4.57. The molecule has 6 nitrogen and oxygen atoms in total. The summed E-state index contributed by atoms with van der Waals surface area (Å²) < 4.78 is 4.00. The third-order valence-electron chi connectivity index (χ3n) is 4.14. The van der Waals surface area contributed by atoms with E-state index in [0.29, 0.717) is 0 Å². The molecule has 4 heterocycles. The number of aromatic nitrogens is 6. The summed E-state index contributed by atoms with van der Waals surface area (Å²) in [4.78, 5) is 2.71. The van der Waals surface area contributed by atoms with Gasteiger partial charge < -0.3 is 0 Å². The van der Waals surface area contributed by atoms with Crippen molar-refractivity contribution in [2.45, 2.75) is 32.1 Å². The molecule has 0 aromatic carbocycles. The highest BCUT2D eigenvalue weighted by Gasteiger charge is 2.21. The van der Waals surface area contributed by atoms with E-state index in [1.54, 1.807) is 12.7 Å². The van der Waals surface area contributed by atoms with Gasteiger partial charge in [-0.05, 0) is 31.2 Å². The van der Waals surface area contributed by atoms with Crippen LogP contribution in [0.25, 0.3) is 21.6 Å². The van der Waals surface area contributed by atoms with Crippen molar-refractivity contribution in [3.8, 4) is 0 Å². The Kier molecular flexibility index (Phi) is 2.01. The summed E-state index contributed by atoms with van der Waals surface area (Å²) in [7, 11) is 0. The zero-order valence-corrected chi connectivity index (χ0v) is 11.6. The summed E-state index contributed by atoms with van der Waals surface area (Å²) in [5.74, 6) is 0.786. The van der Waals surface area contributed by atoms with Gasteiger partial charge in [-0.15, -0.1) is 31.7 Å². The Morgan fingerprint density at radius 1 is 0.950 bits per heavy atom. The van der Waals surface area contributed by atoms with E-state index < -0.39 is 0 Å². The summed E-state index contributed by atoms with van der Waals surface area (Å²) in [6, 6.07) is 0. The second kappa shape index (κ2) is 3.76. The van der Waals surface area contributed by atoms with Crippen LogP contribution in [0.15, 0.2) is 12.7 Å². The lowest BCUT2D eigenvalue weighted by Gasteiger charge is -2.02. The lowest BCUT2D eigenvalue weighted by Crippen LogP contribution is -1.96. The lowest BCUT2D eigenvalue weighted by molar-refractivity contribution is 0.713. The minimum absolute atomic E-state index is 0.786. The Morgan fingerprint density at radius 2 is 1.80 bits per heavy atom. The van der Waals surface area contributed by atoms with Crippen LogP contribution in [-0.2, 0) is 12.8 Å². The van der Waals surface area contributed by atoms with Crippen LogP contribution in [0.5, 0.6) is 0 Å². The molecule has 0 spiro atoms. The smallest absolute Gasteiger partial charge is 0.243 e. The maximum absolute atomic E-state index is 4.33. The molecule has 0 saturated heterocycles. The van der Waals surface area contributed by atoms with Crippen LogP contribution in [0.1, 0.15) is 29.7 Å². The summed E-state index contributed by atoms with van der Waals surface area (Å²) >= 11 is 1.87. The second-order valence-electron chi connectivity index (χ2n) is 5.27. The Morgan fingerprint density at radius 3 is 2.80 bits per heavy atom. The van der Waals surface area contributed by atoms with Crippen LogP contribution >= 0.6 is 11.3 Å². The molecule has 1 aliphatic rings. The van der Waals surface area contributed by atoms with E-state index in [2.05, 4.69) is 24.8 Å². The first kappa shape index (κ1) is 10.7. The molecule has 0 amide bonds. The van der Waals surface area contributed by atoms with Gasteiger partial charge in [0.1, 0.15) is 17.5 Å². The molecule has 4 aromatic rings. The van der Waals surface area contributed by atoms with Crippen molar-refractivity contribution < 1.29 is 0 Å². The van der Waals surface area contributed by atoms with Crippen molar-refractivity contribution >= 4 is 33.0 Å². The number of thiophene rings is 1. The first-order chi connectivity index (χ1) is 9.93. The van der Waals surface area contributed by atoms with E-state index in [4.69, 9.17) is 0 Å². The predicted octanol–water partition coefficient (Wildman–Crippen LogP) is 2.26. The van der Waals surface area contributed by atoms with Crippen molar-refractivity contribution in [2.24, 2.45) is 0 Å². The summed E-state index contributed by atoms with van der Waals surface area (Å²) in [6.45, 7) is 0. The molecule has 0 N–H and O–H groups in total. The van der Waals surface area contributed by atoms with Crippen molar-refractivity contribution in [1.82, 2.24) is 29.2 Å². The fraction of sp³-hybridized carbons (Fsp3) is 0.385. The van der Waals surface area contributed by atoms with Crippen LogP contribution in [0.3, 0.4) is 0 Å². The predicted molar refractivity (Wildman–Crippen MR) is 76.2 cm³/mol. The van der Waals surface area contributed by atoms with Crippen LogP contribution in [0.2, 0.25) is 0 Å². The van der Waals surface area contributed by atoms with Crippen molar-refractivity contribution in [1.29, 1.82) is 0 Å². The lowest BCUT2D eigenvalue weighted by atomic mass is 10.1. The Hall–Kier alpha value is -2.02. The minimum Gasteiger partial charge on any atom is -0.257 e. The summed E-state index contributed by atoms with van der Waals surface area (Å²) in [6.07, 6.45) is 9.70. The molecule has 0 bridgehead atoms. The number of hydrogen-bond donors (Lipinski definition) is 0. The minimum atomic E-state index is 0.786. The molecule has 20 heavy (non-hydrogen) atoms. The number of fused-ring (bicyclic) bond motifs is 8. The molecule has 0 aliphatic heterocycles.